The van der Waals surface area contributed by atoms with E-state index in [4.69, 9.17) is 0 Å². The molecule has 0 spiro atoms. The molecule has 0 saturated heterocycles. The number of rotatable bonds is 5. The number of aromatic nitrogens is 3. The molecule has 2 heterocycles. The van der Waals surface area contributed by atoms with Crippen molar-refractivity contribution in [1.29, 1.82) is 0 Å². The number of allylic oxidation sites excluding steroid dienone is 1. The van der Waals surface area contributed by atoms with Crippen molar-refractivity contribution in [3.63, 3.8) is 0 Å². The van der Waals surface area contributed by atoms with E-state index in [2.05, 4.69) is 71.2 Å². The van der Waals surface area contributed by atoms with Gasteiger partial charge in [-0.2, -0.15) is 5.10 Å². The molecule has 0 aliphatic carbocycles. The quantitative estimate of drug-likeness (QED) is 0.669. The van der Waals surface area contributed by atoms with Crippen LogP contribution in [-0.2, 0) is 0 Å². The van der Waals surface area contributed by atoms with E-state index in [0.717, 1.165) is 33.8 Å². The lowest BCUT2D eigenvalue weighted by Gasteiger charge is -2.10. The Morgan fingerprint density at radius 2 is 2.17 bits per heavy atom. The number of anilines is 2. The number of pyridine rings is 1. The van der Waals surface area contributed by atoms with Crippen LogP contribution < -0.4 is 5.32 Å². The molecule has 2 N–H and O–H groups in total. The third-order valence-corrected chi connectivity index (χ3v) is 3.94. The molecule has 3 rings (SSSR count). The molecule has 0 atom stereocenters. The molecule has 0 bridgehead atoms. The summed E-state index contributed by atoms with van der Waals surface area (Å²) in [5.41, 5.74) is 5.97. The van der Waals surface area contributed by atoms with Crippen LogP contribution in [0.25, 0.3) is 17.1 Å². The predicted octanol–water partition coefficient (Wildman–Crippen LogP) is 4.71. The summed E-state index contributed by atoms with van der Waals surface area (Å²) in [5, 5.41) is 10.6. The van der Waals surface area contributed by atoms with E-state index < -0.39 is 0 Å². The number of benzene rings is 1. The molecule has 5 nitrogen and oxygen atoms in total. The summed E-state index contributed by atoms with van der Waals surface area (Å²) in [4.78, 5) is 8.50. The van der Waals surface area contributed by atoms with Crippen LogP contribution in [0.1, 0.15) is 25.0 Å². The van der Waals surface area contributed by atoms with E-state index in [1.807, 2.05) is 18.2 Å². The van der Waals surface area contributed by atoms with Gasteiger partial charge in [0, 0.05) is 17.6 Å². The Labute approximate surface area is 141 Å². The van der Waals surface area contributed by atoms with Gasteiger partial charge in [-0.25, -0.2) is 0 Å². The summed E-state index contributed by atoms with van der Waals surface area (Å²) in [6.45, 7) is 9.98. The Balaban J connectivity index is 1.95. The normalized spacial score (nSPS) is 11.9. The van der Waals surface area contributed by atoms with Gasteiger partial charge in [-0.05, 0) is 61.0 Å². The van der Waals surface area contributed by atoms with Crippen molar-refractivity contribution in [3.8, 4) is 0 Å². The summed E-state index contributed by atoms with van der Waals surface area (Å²) in [5.74, 6) is 1.05. The summed E-state index contributed by atoms with van der Waals surface area (Å²) < 4.78 is 0. The van der Waals surface area contributed by atoms with Crippen LogP contribution in [0, 0.1) is 12.8 Å². The van der Waals surface area contributed by atoms with E-state index in [1.165, 1.54) is 5.56 Å². The van der Waals surface area contributed by atoms with Crippen molar-refractivity contribution < 1.29 is 0 Å². The van der Waals surface area contributed by atoms with Gasteiger partial charge in [-0.3, -0.25) is 15.1 Å². The molecule has 0 aliphatic heterocycles. The maximum absolute atomic E-state index is 4.37. The van der Waals surface area contributed by atoms with Crippen LogP contribution in [0.15, 0.2) is 47.2 Å². The number of hydrogen-bond acceptors (Lipinski definition) is 4. The lowest BCUT2D eigenvalue weighted by atomic mass is 10.0. The molecule has 3 aromatic rings. The van der Waals surface area contributed by atoms with Crippen molar-refractivity contribution in [2.24, 2.45) is 10.9 Å². The molecule has 24 heavy (non-hydrogen) atoms. The highest BCUT2D eigenvalue weighted by Gasteiger charge is 2.08. The second kappa shape index (κ2) is 6.66. The van der Waals surface area contributed by atoms with Gasteiger partial charge in [0.05, 0.1) is 5.52 Å². The smallest absolute Gasteiger partial charge is 0.178 e. The highest BCUT2D eigenvalue weighted by molar-refractivity contribution is 5.87. The van der Waals surface area contributed by atoms with Crippen LogP contribution in [0.2, 0.25) is 0 Å². The van der Waals surface area contributed by atoms with E-state index in [1.54, 1.807) is 6.20 Å². The lowest BCUT2D eigenvalue weighted by molar-refractivity contribution is 0.766. The zero-order chi connectivity index (χ0) is 17.1. The fourth-order valence-electron chi connectivity index (χ4n) is 2.51. The summed E-state index contributed by atoms with van der Waals surface area (Å²) in [6.07, 6.45) is 3.84. The van der Waals surface area contributed by atoms with Gasteiger partial charge in [-0.1, -0.05) is 19.9 Å². The first-order valence-corrected chi connectivity index (χ1v) is 7.93. The number of hydrogen-bond donors (Lipinski definition) is 2. The van der Waals surface area contributed by atoms with E-state index in [9.17, 15) is 0 Å². The molecule has 1 aromatic carbocycles. The maximum atomic E-state index is 4.37. The summed E-state index contributed by atoms with van der Waals surface area (Å²) in [6, 6.07) is 10.0. The summed E-state index contributed by atoms with van der Waals surface area (Å²) in [7, 11) is 0. The standard InChI is InChI=1S/C19H21N5/c1-12(2)17(20-4)11-14-10-15(8-7-13(14)3)22-19-18-16(23-24-19)6-5-9-21-18/h5-12H,4H2,1-3H3,(H2,22,23,24)/b17-11-. The molecule has 5 heteroatoms. The average Bonchev–Trinajstić information content (AvgIpc) is 2.98. The Kier molecular flexibility index (Phi) is 4.42. The molecule has 0 aliphatic rings. The minimum Gasteiger partial charge on any atom is -0.337 e. The lowest BCUT2D eigenvalue weighted by Crippen LogP contribution is -1.95. The molecular weight excluding hydrogens is 298 g/mol. The zero-order valence-corrected chi connectivity index (χ0v) is 14.2. The van der Waals surface area contributed by atoms with E-state index in [-0.39, 0.29) is 0 Å². The highest BCUT2D eigenvalue weighted by atomic mass is 15.2. The van der Waals surface area contributed by atoms with Gasteiger partial charge >= 0.3 is 0 Å². The fraction of sp³-hybridized carbons (Fsp3) is 0.211. The number of nitrogens with zero attached hydrogens (tertiary/aromatic N) is 3. The largest absolute Gasteiger partial charge is 0.337 e. The Bertz CT molecular complexity index is 905. The molecule has 0 unspecified atom stereocenters. The Morgan fingerprint density at radius 1 is 1.33 bits per heavy atom. The fourth-order valence-corrected chi connectivity index (χ4v) is 2.51. The molecule has 0 amide bonds. The van der Waals surface area contributed by atoms with Crippen LogP contribution in [0.5, 0.6) is 0 Å². The summed E-state index contributed by atoms with van der Waals surface area (Å²) >= 11 is 0. The van der Waals surface area contributed by atoms with Crippen LogP contribution in [0.4, 0.5) is 11.5 Å². The van der Waals surface area contributed by atoms with Crippen LogP contribution in [0.3, 0.4) is 0 Å². The first-order valence-electron chi connectivity index (χ1n) is 7.93. The number of aromatic amines is 1. The van der Waals surface area contributed by atoms with Gasteiger partial charge in [0.1, 0.15) is 5.52 Å². The number of fused-ring (bicyclic) bond motifs is 1. The first-order chi connectivity index (χ1) is 11.6. The predicted molar refractivity (Wildman–Crippen MR) is 101 cm³/mol. The van der Waals surface area contributed by atoms with Gasteiger partial charge in [-0.15, -0.1) is 0 Å². The van der Waals surface area contributed by atoms with Gasteiger partial charge in [0.2, 0.25) is 0 Å². The van der Waals surface area contributed by atoms with Crippen molar-refractivity contribution in [2.45, 2.75) is 20.8 Å². The second-order valence-corrected chi connectivity index (χ2v) is 6.05. The topological polar surface area (TPSA) is 66.0 Å². The molecular formula is C19H21N5. The number of aryl methyl sites for hydroxylation is 1. The molecule has 0 radical (unpaired) electrons. The van der Waals surface area contributed by atoms with E-state index in [0.29, 0.717) is 5.92 Å². The van der Waals surface area contributed by atoms with Gasteiger partial charge < -0.3 is 5.32 Å². The number of nitrogens with one attached hydrogen (secondary N) is 2. The Morgan fingerprint density at radius 3 is 2.92 bits per heavy atom. The third kappa shape index (κ3) is 3.20. The van der Waals surface area contributed by atoms with Gasteiger partial charge in [0.25, 0.3) is 0 Å². The number of H-pyrrole nitrogens is 1. The molecule has 122 valence electrons. The van der Waals surface area contributed by atoms with Crippen molar-refractivity contribution >= 4 is 35.3 Å². The van der Waals surface area contributed by atoms with Crippen molar-refractivity contribution in [3.05, 3.63) is 53.4 Å². The van der Waals surface area contributed by atoms with E-state index >= 15 is 0 Å². The highest BCUT2D eigenvalue weighted by Crippen LogP contribution is 2.25. The minimum absolute atomic E-state index is 0.331. The molecule has 0 saturated carbocycles. The van der Waals surface area contributed by atoms with Crippen LogP contribution >= 0.6 is 0 Å². The monoisotopic (exact) mass is 319 g/mol. The van der Waals surface area contributed by atoms with Crippen molar-refractivity contribution in [1.82, 2.24) is 15.2 Å². The van der Waals surface area contributed by atoms with Crippen molar-refractivity contribution in [2.75, 3.05) is 5.32 Å². The van der Waals surface area contributed by atoms with Crippen LogP contribution in [-0.4, -0.2) is 21.9 Å². The first kappa shape index (κ1) is 15.9. The average molecular weight is 319 g/mol. The van der Waals surface area contributed by atoms with Gasteiger partial charge in [0.15, 0.2) is 5.82 Å². The third-order valence-electron chi connectivity index (χ3n) is 3.94. The maximum Gasteiger partial charge on any atom is 0.178 e. The zero-order valence-electron chi connectivity index (χ0n) is 14.2. The molecule has 0 fully saturated rings. The molecule has 2 aromatic heterocycles. The minimum atomic E-state index is 0.331. The number of aliphatic imine (C=N–C) groups is 1. The SMILES string of the molecule is C=N/C(=C\c1cc(Nc2n[nH]c3cccnc23)ccc1C)C(C)C. The second-order valence-electron chi connectivity index (χ2n) is 6.05. The Hall–Kier alpha value is -2.95.